The van der Waals surface area contributed by atoms with Crippen LogP contribution in [0.5, 0.6) is 0 Å². The summed E-state index contributed by atoms with van der Waals surface area (Å²) in [6, 6.07) is -1.21. The zero-order chi connectivity index (χ0) is 22.6. The van der Waals surface area contributed by atoms with E-state index in [1.807, 2.05) is 5.38 Å². The van der Waals surface area contributed by atoms with E-state index in [1.165, 1.54) is 23.3 Å². The van der Waals surface area contributed by atoms with Crippen LogP contribution in [0.3, 0.4) is 0 Å². The maximum absolute atomic E-state index is 13.0. The number of nitrogens with one attached hydrogen (secondary N) is 1. The largest absolute Gasteiger partial charge is 0.345 e. The van der Waals surface area contributed by atoms with Gasteiger partial charge in [-0.1, -0.05) is 83.5 Å². The van der Waals surface area contributed by atoms with E-state index in [4.69, 9.17) is 69.6 Å². The maximum atomic E-state index is 13.0. The van der Waals surface area contributed by atoms with Gasteiger partial charge < -0.3 is 10.2 Å². The Bertz CT molecular complexity index is 678. The lowest BCUT2D eigenvalue weighted by atomic mass is 9.99. The minimum absolute atomic E-state index is 0.0546. The molecule has 0 aromatic carbocycles. The summed E-state index contributed by atoms with van der Waals surface area (Å²) in [6.07, 6.45) is 1.73. The SMILES string of the molecule is C[C@H](CC(=O)N(C)[C@H](C[C@@H](C)C(Cl)(Cl)Cl)C(=O)N[C@H](C)c1nccs1)C(Cl)(Cl)Cl. The van der Waals surface area contributed by atoms with E-state index >= 15 is 0 Å². The Balaban J connectivity index is 2.99. The molecule has 4 atom stereocenters. The van der Waals surface area contributed by atoms with E-state index < -0.39 is 25.5 Å². The third-order valence-corrected chi connectivity index (χ3v) is 7.71. The summed E-state index contributed by atoms with van der Waals surface area (Å²) in [5, 5.41) is 5.42. The number of carbonyl (C=O) groups is 2. The molecule has 0 aliphatic rings. The molecule has 0 spiro atoms. The van der Waals surface area contributed by atoms with Crippen LogP contribution in [-0.4, -0.2) is 42.4 Å². The van der Waals surface area contributed by atoms with Crippen LogP contribution < -0.4 is 5.32 Å². The van der Waals surface area contributed by atoms with Crippen LogP contribution in [-0.2, 0) is 9.59 Å². The van der Waals surface area contributed by atoms with Crippen molar-refractivity contribution >= 4 is 92.8 Å². The fourth-order valence-electron chi connectivity index (χ4n) is 2.42. The van der Waals surface area contributed by atoms with Crippen molar-refractivity contribution in [3.05, 3.63) is 16.6 Å². The number of likely N-dealkylation sites (N-methyl/N-ethyl adjacent to an activating group) is 1. The highest BCUT2D eigenvalue weighted by atomic mass is 35.6. The fraction of sp³-hybridized carbons (Fsp3) is 0.706. The van der Waals surface area contributed by atoms with Gasteiger partial charge in [0.15, 0.2) is 7.59 Å². The summed E-state index contributed by atoms with van der Waals surface area (Å²) in [5.41, 5.74) is 0. The molecule has 1 aromatic heterocycles. The summed E-state index contributed by atoms with van der Waals surface area (Å²) in [5.74, 6) is -1.79. The Morgan fingerprint density at radius 3 is 2.10 bits per heavy atom. The number of rotatable bonds is 8. The van der Waals surface area contributed by atoms with Crippen LogP contribution in [0.25, 0.3) is 0 Å². The van der Waals surface area contributed by atoms with Gasteiger partial charge in [-0.05, 0) is 13.3 Å². The molecule has 0 unspecified atom stereocenters. The predicted octanol–water partition coefficient (Wildman–Crippen LogP) is 5.94. The molecule has 1 rings (SSSR count). The van der Waals surface area contributed by atoms with Gasteiger partial charge in [-0.15, -0.1) is 11.3 Å². The molecule has 1 N–H and O–H groups in total. The molecule has 5 nitrogen and oxygen atoms in total. The highest BCUT2D eigenvalue weighted by molar-refractivity contribution is 7.09. The van der Waals surface area contributed by atoms with Gasteiger partial charge in [0.2, 0.25) is 11.8 Å². The molecule has 0 radical (unpaired) electrons. The molecule has 1 heterocycles. The summed E-state index contributed by atoms with van der Waals surface area (Å²) >= 11 is 37.0. The Labute approximate surface area is 205 Å². The van der Waals surface area contributed by atoms with Gasteiger partial charge >= 0.3 is 0 Å². The molecular weight excluding hydrogens is 523 g/mol. The lowest BCUT2D eigenvalue weighted by Gasteiger charge is -2.33. The molecule has 166 valence electrons. The first-order chi connectivity index (χ1) is 13.1. The first kappa shape index (κ1) is 27.3. The van der Waals surface area contributed by atoms with Gasteiger partial charge in [-0.3, -0.25) is 9.59 Å². The van der Waals surface area contributed by atoms with E-state index in [-0.39, 0.29) is 30.7 Å². The van der Waals surface area contributed by atoms with Crippen molar-refractivity contribution in [1.82, 2.24) is 15.2 Å². The number of thiazole rings is 1. The molecule has 0 saturated heterocycles. The van der Waals surface area contributed by atoms with Crippen molar-refractivity contribution < 1.29 is 9.59 Å². The number of hydrogen-bond acceptors (Lipinski definition) is 4. The van der Waals surface area contributed by atoms with Crippen molar-refractivity contribution in [1.29, 1.82) is 0 Å². The van der Waals surface area contributed by atoms with Crippen molar-refractivity contribution in [2.45, 2.75) is 53.3 Å². The molecule has 0 bridgehead atoms. The summed E-state index contributed by atoms with van der Waals surface area (Å²) in [4.78, 5) is 31.3. The van der Waals surface area contributed by atoms with Gasteiger partial charge in [0.25, 0.3) is 0 Å². The minimum Gasteiger partial charge on any atom is -0.345 e. The topological polar surface area (TPSA) is 62.3 Å². The highest BCUT2D eigenvalue weighted by Gasteiger charge is 2.38. The number of aromatic nitrogens is 1. The maximum Gasteiger partial charge on any atom is 0.243 e. The van der Waals surface area contributed by atoms with Crippen LogP contribution in [0, 0.1) is 11.8 Å². The Hall–Kier alpha value is 0.310. The molecule has 2 amide bonds. The van der Waals surface area contributed by atoms with Crippen molar-refractivity contribution in [3.8, 4) is 0 Å². The van der Waals surface area contributed by atoms with Crippen LogP contribution >= 0.6 is 80.9 Å². The normalized spacial score (nSPS) is 16.6. The fourth-order valence-corrected chi connectivity index (χ4v) is 3.57. The van der Waals surface area contributed by atoms with Gasteiger partial charge in [-0.2, -0.15) is 0 Å². The Morgan fingerprint density at radius 1 is 1.10 bits per heavy atom. The second-order valence-corrected chi connectivity index (χ2v) is 12.6. The third kappa shape index (κ3) is 8.76. The van der Waals surface area contributed by atoms with E-state index in [2.05, 4.69) is 10.3 Å². The molecule has 29 heavy (non-hydrogen) atoms. The smallest absolute Gasteiger partial charge is 0.243 e. The van der Waals surface area contributed by atoms with E-state index in [9.17, 15) is 9.59 Å². The van der Waals surface area contributed by atoms with Crippen molar-refractivity contribution in [2.24, 2.45) is 11.8 Å². The standard InChI is InChI=1S/C17H23Cl6N3O2S/c1-9(16(18,19)20)7-12(14(28)25-11(3)15-24-5-6-29-15)26(4)13(27)8-10(2)17(21,22)23/h5-6,9-12H,7-8H2,1-4H3,(H,25,28)/t9-,10-,11-,12-/m1/s1. The molecular formula is C17H23Cl6N3O2S. The molecule has 12 heteroatoms. The minimum atomic E-state index is -1.60. The van der Waals surface area contributed by atoms with Crippen LogP contribution in [0.15, 0.2) is 11.6 Å². The van der Waals surface area contributed by atoms with E-state index in [0.717, 1.165) is 5.01 Å². The average Bonchev–Trinajstić information content (AvgIpc) is 3.11. The van der Waals surface area contributed by atoms with Crippen LogP contribution in [0.1, 0.15) is 44.7 Å². The first-order valence-electron chi connectivity index (χ1n) is 8.73. The lowest BCUT2D eigenvalue weighted by molar-refractivity contribution is -0.140. The lowest BCUT2D eigenvalue weighted by Crippen LogP contribution is -2.50. The van der Waals surface area contributed by atoms with E-state index in [0.29, 0.717) is 0 Å². The highest BCUT2D eigenvalue weighted by Crippen LogP contribution is 2.39. The number of alkyl halides is 6. The summed E-state index contributed by atoms with van der Waals surface area (Å²) in [6.45, 7) is 5.14. The zero-order valence-corrected chi connectivity index (χ0v) is 21.6. The molecule has 0 aliphatic carbocycles. The van der Waals surface area contributed by atoms with Gasteiger partial charge in [-0.25, -0.2) is 4.98 Å². The Morgan fingerprint density at radius 2 is 1.66 bits per heavy atom. The second-order valence-electron chi connectivity index (χ2n) is 6.95. The molecule has 0 fully saturated rings. The van der Waals surface area contributed by atoms with Crippen LogP contribution in [0.2, 0.25) is 0 Å². The van der Waals surface area contributed by atoms with Gasteiger partial charge in [0, 0.05) is 36.9 Å². The number of halogens is 6. The Kier molecular flexibility index (Phi) is 10.6. The number of nitrogens with zero attached hydrogens (tertiary/aromatic N) is 2. The predicted molar refractivity (Wildman–Crippen MR) is 123 cm³/mol. The second kappa shape index (κ2) is 11.3. The van der Waals surface area contributed by atoms with Crippen molar-refractivity contribution in [3.63, 3.8) is 0 Å². The number of amides is 2. The summed E-state index contributed by atoms with van der Waals surface area (Å²) in [7, 11) is 1.51. The van der Waals surface area contributed by atoms with Gasteiger partial charge in [0.05, 0.1) is 6.04 Å². The first-order valence-corrected chi connectivity index (χ1v) is 11.9. The average molecular weight is 546 g/mol. The summed E-state index contributed by atoms with van der Waals surface area (Å²) < 4.78 is -3.19. The quantitative estimate of drug-likeness (QED) is 0.411. The van der Waals surface area contributed by atoms with Crippen LogP contribution in [0.4, 0.5) is 0 Å². The number of hydrogen-bond donors (Lipinski definition) is 1. The number of carbonyl (C=O) groups excluding carboxylic acids is 2. The van der Waals surface area contributed by atoms with Gasteiger partial charge in [0.1, 0.15) is 11.0 Å². The molecule has 1 aromatic rings. The monoisotopic (exact) mass is 543 g/mol. The third-order valence-electron chi connectivity index (χ3n) is 4.52. The molecule has 0 aliphatic heterocycles. The zero-order valence-electron chi connectivity index (χ0n) is 16.3. The molecule has 0 saturated carbocycles. The van der Waals surface area contributed by atoms with E-state index in [1.54, 1.807) is 27.0 Å². The van der Waals surface area contributed by atoms with Crippen molar-refractivity contribution in [2.75, 3.05) is 7.05 Å².